The number of hydrogen-bond donors (Lipinski definition) is 2. The van der Waals surface area contributed by atoms with Crippen molar-refractivity contribution >= 4 is 17.5 Å². The number of carbonyl (C=O) groups is 2. The summed E-state index contributed by atoms with van der Waals surface area (Å²) < 4.78 is 11.2. The quantitative estimate of drug-likeness (QED) is 0.751. The molecule has 1 saturated heterocycles. The molecule has 0 bridgehead atoms. The summed E-state index contributed by atoms with van der Waals surface area (Å²) in [6.07, 6.45) is 2.04. The van der Waals surface area contributed by atoms with E-state index in [1.165, 1.54) is 5.56 Å². The molecule has 3 rings (SSSR count). The van der Waals surface area contributed by atoms with E-state index in [0.29, 0.717) is 23.5 Å². The first kappa shape index (κ1) is 20.9. The Hall–Kier alpha value is -2.86. The van der Waals surface area contributed by atoms with Gasteiger partial charge in [0.25, 0.3) is 11.8 Å². The fourth-order valence-corrected chi connectivity index (χ4v) is 3.32. The Bertz CT molecular complexity index is 888. The molecule has 29 heavy (non-hydrogen) atoms. The number of rotatable bonds is 7. The molecule has 1 fully saturated rings. The van der Waals surface area contributed by atoms with E-state index in [-0.39, 0.29) is 24.5 Å². The SMILES string of the molecule is Cc1cc(C)c(OCC(=O)Nc2ccccc2C(=O)NCC2CCCO2)cc1C. The third-order valence-corrected chi connectivity index (χ3v) is 5.11. The van der Waals surface area contributed by atoms with Gasteiger partial charge in [-0.15, -0.1) is 0 Å². The van der Waals surface area contributed by atoms with Crippen LogP contribution in [0.1, 0.15) is 39.9 Å². The van der Waals surface area contributed by atoms with Gasteiger partial charge in [-0.3, -0.25) is 9.59 Å². The van der Waals surface area contributed by atoms with Crippen molar-refractivity contribution in [1.82, 2.24) is 5.32 Å². The Morgan fingerprint density at radius 3 is 2.62 bits per heavy atom. The highest BCUT2D eigenvalue weighted by molar-refractivity contribution is 6.04. The minimum atomic E-state index is -0.318. The maximum Gasteiger partial charge on any atom is 0.262 e. The zero-order valence-corrected chi connectivity index (χ0v) is 17.2. The molecule has 1 aliphatic rings. The minimum Gasteiger partial charge on any atom is -0.483 e. The average molecular weight is 396 g/mol. The Morgan fingerprint density at radius 2 is 1.86 bits per heavy atom. The van der Waals surface area contributed by atoms with Crippen molar-refractivity contribution in [1.29, 1.82) is 0 Å². The van der Waals surface area contributed by atoms with Crippen molar-refractivity contribution in [2.24, 2.45) is 0 Å². The van der Waals surface area contributed by atoms with Gasteiger partial charge in [-0.25, -0.2) is 0 Å². The maximum absolute atomic E-state index is 12.5. The summed E-state index contributed by atoms with van der Waals surface area (Å²) in [6.45, 7) is 7.08. The molecule has 2 aromatic carbocycles. The van der Waals surface area contributed by atoms with Crippen LogP contribution in [-0.4, -0.2) is 37.7 Å². The number of benzene rings is 2. The van der Waals surface area contributed by atoms with E-state index in [0.717, 1.165) is 30.6 Å². The van der Waals surface area contributed by atoms with Crippen molar-refractivity contribution in [3.8, 4) is 5.75 Å². The zero-order valence-electron chi connectivity index (χ0n) is 17.2. The monoisotopic (exact) mass is 396 g/mol. The van der Waals surface area contributed by atoms with Crippen LogP contribution in [0.2, 0.25) is 0 Å². The third-order valence-electron chi connectivity index (χ3n) is 5.11. The second kappa shape index (κ2) is 9.56. The van der Waals surface area contributed by atoms with Crippen LogP contribution in [0.15, 0.2) is 36.4 Å². The molecule has 6 heteroatoms. The summed E-state index contributed by atoms with van der Waals surface area (Å²) in [5, 5.41) is 5.66. The van der Waals surface area contributed by atoms with Crippen LogP contribution in [0.5, 0.6) is 5.75 Å². The van der Waals surface area contributed by atoms with Crippen molar-refractivity contribution in [2.45, 2.75) is 39.7 Å². The van der Waals surface area contributed by atoms with Gasteiger partial charge < -0.3 is 20.1 Å². The van der Waals surface area contributed by atoms with Gasteiger partial charge in [0.05, 0.1) is 17.4 Å². The molecule has 1 aliphatic heterocycles. The van der Waals surface area contributed by atoms with E-state index < -0.39 is 0 Å². The topological polar surface area (TPSA) is 76.7 Å². The highest BCUT2D eigenvalue weighted by Crippen LogP contribution is 2.22. The summed E-state index contributed by atoms with van der Waals surface area (Å²) >= 11 is 0. The maximum atomic E-state index is 12.5. The third kappa shape index (κ3) is 5.57. The van der Waals surface area contributed by atoms with Gasteiger partial charge in [0.15, 0.2) is 6.61 Å². The Labute approximate surface area is 171 Å². The van der Waals surface area contributed by atoms with Gasteiger partial charge in [-0.2, -0.15) is 0 Å². The van der Waals surface area contributed by atoms with Crippen LogP contribution < -0.4 is 15.4 Å². The second-order valence-electron chi connectivity index (χ2n) is 7.43. The number of carbonyl (C=O) groups excluding carboxylic acids is 2. The summed E-state index contributed by atoms with van der Waals surface area (Å²) in [5.74, 6) is 0.134. The first-order chi connectivity index (χ1) is 13.9. The molecule has 1 unspecified atom stereocenters. The van der Waals surface area contributed by atoms with E-state index in [9.17, 15) is 9.59 Å². The molecule has 0 aromatic heterocycles. The Morgan fingerprint density at radius 1 is 1.10 bits per heavy atom. The summed E-state index contributed by atoms with van der Waals surface area (Å²) in [7, 11) is 0. The number of ether oxygens (including phenoxy) is 2. The zero-order chi connectivity index (χ0) is 20.8. The standard InChI is InChI=1S/C23H28N2O4/c1-15-11-17(3)21(12-16(15)2)29-14-22(26)25-20-9-5-4-8-19(20)23(27)24-13-18-7-6-10-28-18/h4-5,8-9,11-12,18H,6-7,10,13-14H2,1-3H3,(H,24,27)(H,25,26). The van der Waals surface area contributed by atoms with Crippen molar-refractivity contribution < 1.29 is 19.1 Å². The largest absolute Gasteiger partial charge is 0.483 e. The molecule has 0 saturated carbocycles. The van der Waals surface area contributed by atoms with E-state index in [2.05, 4.69) is 10.6 Å². The van der Waals surface area contributed by atoms with E-state index in [1.54, 1.807) is 24.3 Å². The highest BCUT2D eigenvalue weighted by Gasteiger charge is 2.18. The minimum absolute atomic E-state index is 0.0651. The van der Waals surface area contributed by atoms with Crippen LogP contribution in [0, 0.1) is 20.8 Å². The number of anilines is 1. The van der Waals surface area contributed by atoms with Crippen LogP contribution >= 0.6 is 0 Å². The lowest BCUT2D eigenvalue weighted by Crippen LogP contribution is -2.32. The number of hydrogen-bond acceptors (Lipinski definition) is 4. The predicted octanol–water partition coefficient (Wildman–Crippen LogP) is 3.54. The second-order valence-corrected chi connectivity index (χ2v) is 7.43. The van der Waals surface area contributed by atoms with Crippen LogP contribution in [0.25, 0.3) is 0 Å². The molecule has 2 N–H and O–H groups in total. The first-order valence-corrected chi connectivity index (χ1v) is 9.93. The van der Waals surface area contributed by atoms with Crippen LogP contribution in [-0.2, 0) is 9.53 Å². The molecule has 0 spiro atoms. The van der Waals surface area contributed by atoms with Crippen molar-refractivity contribution in [3.63, 3.8) is 0 Å². The number of nitrogens with one attached hydrogen (secondary N) is 2. The molecule has 0 aliphatic carbocycles. The summed E-state index contributed by atoms with van der Waals surface area (Å²) in [5.41, 5.74) is 4.15. The van der Waals surface area contributed by atoms with Gasteiger partial charge in [-0.05, 0) is 68.5 Å². The lowest BCUT2D eigenvalue weighted by Gasteiger charge is -2.15. The van der Waals surface area contributed by atoms with Gasteiger partial charge in [0.1, 0.15) is 5.75 Å². The molecule has 1 atom stereocenters. The molecule has 2 aromatic rings. The number of para-hydroxylation sites is 1. The van der Waals surface area contributed by atoms with Crippen molar-refractivity contribution in [2.75, 3.05) is 25.1 Å². The molecular weight excluding hydrogens is 368 g/mol. The molecule has 0 radical (unpaired) electrons. The van der Waals surface area contributed by atoms with Gasteiger partial charge in [-0.1, -0.05) is 18.2 Å². The summed E-state index contributed by atoms with van der Waals surface area (Å²) in [4.78, 5) is 25.0. The van der Waals surface area contributed by atoms with Crippen molar-refractivity contribution in [3.05, 3.63) is 58.7 Å². The molecule has 6 nitrogen and oxygen atoms in total. The number of aryl methyl sites for hydroxylation is 3. The Kier molecular flexibility index (Phi) is 6.88. The Balaban J connectivity index is 1.59. The van der Waals surface area contributed by atoms with E-state index in [4.69, 9.17) is 9.47 Å². The smallest absolute Gasteiger partial charge is 0.262 e. The van der Waals surface area contributed by atoms with E-state index >= 15 is 0 Å². The molecule has 2 amide bonds. The highest BCUT2D eigenvalue weighted by atomic mass is 16.5. The lowest BCUT2D eigenvalue weighted by molar-refractivity contribution is -0.118. The molecular formula is C23H28N2O4. The van der Waals surface area contributed by atoms with E-state index in [1.807, 2.05) is 32.9 Å². The molecule has 1 heterocycles. The number of amides is 2. The average Bonchev–Trinajstić information content (AvgIpc) is 3.22. The summed E-state index contributed by atoms with van der Waals surface area (Å²) in [6, 6.07) is 10.9. The molecule has 154 valence electrons. The van der Waals surface area contributed by atoms with Gasteiger partial charge >= 0.3 is 0 Å². The van der Waals surface area contributed by atoms with Gasteiger partial charge in [0, 0.05) is 13.2 Å². The fourth-order valence-electron chi connectivity index (χ4n) is 3.32. The van der Waals surface area contributed by atoms with Gasteiger partial charge in [0.2, 0.25) is 0 Å². The predicted molar refractivity (Wildman–Crippen MR) is 113 cm³/mol. The normalized spacial score (nSPS) is 15.8. The lowest BCUT2D eigenvalue weighted by atomic mass is 10.1. The fraction of sp³-hybridized carbons (Fsp3) is 0.391. The van der Waals surface area contributed by atoms with Crippen LogP contribution in [0.4, 0.5) is 5.69 Å². The van der Waals surface area contributed by atoms with Crippen LogP contribution in [0.3, 0.4) is 0 Å². The first-order valence-electron chi connectivity index (χ1n) is 9.93.